The highest BCUT2D eigenvalue weighted by molar-refractivity contribution is 5.93. The number of Topliss-reactive ketones (excluding diaryl/α,β-unsaturated/α-hetero) is 1. The van der Waals surface area contributed by atoms with E-state index in [1.807, 2.05) is 12.1 Å². The Morgan fingerprint density at radius 3 is 2.82 bits per heavy atom. The number of hydrogen-bond acceptors (Lipinski definition) is 2. The first-order valence-corrected chi connectivity index (χ1v) is 8.37. The molecular weight excluding hydrogens is 274 g/mol. The molecule has 118 valence electrons. The first-order valence-electron chi connectivity index (χ1n) is 8.37. The number of carbonyl (C=O) groups excluding carboxylic acids is 2. The van der Waals surface area contributed by atoms with Crippen LogP contribution in [-0.2, 0) is 10.2 Å². The third-order valence-corrected chi connectivity index (χ3v) is 5.98. The molecule has 3 nitrogen and oxygen atoms in total. The van der Waals surface area contributed by atoms with Gasteiger partial charge in [-0.25, -0.2) is 0 Å². The maximum atomic E-state index is 12.2. The molecule has 1 amide bonds. The smallest absolute Gasteiger partial charge is 0.248 e. The lowest BCUT2D eigenvalue weighted by Gasteiger charge is -2.51. The van der Waals surface area contributed by atoms with Crippen LogP contribution in [0.4, 0.5) is 0 Å². The van der Waals surface area contributed by atoms with E-state index in [0.29, 0.717) is 36.0 Å². The molecular formula is C19H25NO2. The van der Waals surface area contributed by atoms with Gasteiger partial charge in [-0.2, -0.15) is 0 Å². The SMILES string of the molecule is Cc1ccc(C(N)=O)cc1[C@]12CCC[C@H](C)[C@@H]1CCC(=O)C2. The Morgan fingerprint density at radius 2 is 2.09 bits per heavy atom. The number of primary amides is 1. The fourth-order valence-corrected chi connectivity index (χ4v) is 4.95. The summed E-state index contributed by atoms with van der Waals surface area (Å²) in [6.45, 7) is 4.41. The van der Waals surface area contributed by atoms with Gasteiger partial charge in [0, 0.05) is 23.8 Å². The first kappa shape index (κ1) is 15.3. The van der Waals surface area contributed by atoms with Gasteiger partial charge >= 0.3 is 0 Å². The summed E-state index contributed by atoms with van der Waals surface area (Å²) in [7, 11) is 0. The molecule has 0 bridgehead atoms. The van der Waals surface area contributed by atoms with Gasteiger partial charge in [-0.15, -0.1) is 0 Å². The average molecular weight is 299 g/mol. The zero-order chi connectivity index (χ0) is 15.9. The predicted molar refractivity (Wildman–Crippen MR) is 86.7 cm³/mol. The van der Waals surface area contributed by atoms with Crippen molar-refractivity contribution >= 4 is 11.7 Å². The molecule has 22 heavy (non-hydrogen) atoms. The number of carbonyl (C=O) groups is 2. The maximum absolute atomic E-state index is 12.2. The molecule has 2 aliphatic rings. The second-order valence-electron chi connectivity index (χ2n) is 7.28. The highest BCUT2D eigenvalue weighted by Crippen LogP contribution is 2.54. The summed E-state index contributed by atoms with van der Waals surface area (Å²) in [4.78, 5) is 23.8. The predicted octanol–water partition coefficient (Wildman–Crippen LogP) is 3.52. The molecule has 3 rings (SSSR count). The maximum Gasteiger partial charge on any atom is 0.248 e. The molecule has 3 atom stereocenters. The third-order valence-electron chi connectivity index (χ3n) is 5.98. The van der Waals surface area contributed by atoms with Gasteiger partial charge in [0.15, 0.2) is 0 Å². The minimum absolute atomic E-state index is 0.0808. The number of rotatable bonds is 2. The van der Waals surface area contributed by atoms with Crippen molar-refractivity contribution in [1.82, 2.24) is 0 Å². The van der Waals surface area contributed by atoms with E-state index in [4.69, 9.17) is 5.73 Å². The second kappa shape index (κ2) is 5.53. The van der Waals surface area contributed by atoms with E-state index in [1.54, 1.807) is 6.07 Å². The summed E-state index contributed by atoms with van der Waals surface area (Å²) in [5.74, 6) is 1.16. The van der Waals surface area contributed by atoms with Crippen LogP contribution in [0, 0.1) is 18.8 Å². The molecule has 0 aromatic heterocycles. The molecule has 1 aromatic rings. The minimum atomic E-state index is -0.389. The molecule has 0 spiro atoms. The Kier molecular flexibility index (Phi) is 3.84. The van der Waals surface area contributed by atoms with Gasteiger partial charge < -0.3 is 5.73 Å². The molecule has 2 saturated carbocycles. The van der Waals surface area contributed by atoms with Crippen molar-refractivity contribution in [3.8, 4) is 0 Å². The van der Waals surface area contributed by atoms with Crippen molar-refractivity contribution in [2.75, 3.05) is 0 Å². The average Bonchev–Trinajstić information content (AvgIpc) is 2.47. The van der Waals surface area contributed by atoms with Gasteiger partial charge in [-0.3, -0.25) is 9.59 Å². The molecule has 2 fully saturated rings. The number of nitrogens with two attached hydrogens (primary N) is 1. The first-order chi connectivity index (χ1) is 10.4. The lowest BCUT2D eigenvalue weighted by Crippen LogP contribution is -2.47. The summed E-state index contributed by atoms with van der Waals surface area (Å²) in [5.41, 5.74) is 8.32. The normalized spacial score (nSPS) is 31.6. The number of fused-ring (bicyclic) bond motifs is 1. The summed E-state index contributed by atoms with van der Waals surface area (Å²) in [6.07, 6.45) is 5.79. The van der Waals surface area contributed by atoms with Crippen LogP contribution in [0.2, 0.25) is 0 Å². The Balaban J connectivity index is 2.14. The van der Waals surface area contributed by atoms with Gasteiger partial charge in [0.05, 0.1) is 0 Å². The Bertz CT molecular complexity index is 622. The van der Waals surface area contributed by atoms with Crippen molar-refractivity contribution < 1.29 is 9.59 Å². The number of ketones is 1. The zero-order valence-electron chi connectivity index (χ0n) is 13.5. The molecule has 0 radical (unpaired) electrons. The molecule has 0 aliphatic heterocycles. The van der Waals surface area contributed by atoms with Crippen LogP contribution in [0.1, 0.15) is 66.9 Å². The van der Waals surface area contributed by atoms with Crippen molar-refractivity contribution in [3.05, 3.63) is 34.9 Å². The van der Waals surface area contributed by atoms with E-state index in [0.717, 1.165) is 19.3 Å². The number of hydrogen-bond donors (Lipinski definition) is 1. The number of amides is 1. The molecule has 0 saturated heterocycles. The van der Waals surface area contributed by atoms with Gasteiger partial charge in [0.1, 0.15) is 5.78 Å². The molecule has 0 unspecified atom stereocenters. The van der Waals surface area contributed by atoms with Crippen LogP contribution in [0.5, 0.6) is 0 Å². The van der Waals surface area contributed by atoms with Gasteiger partial charge in [-0.1, -0.05) is 25.8 Å². The standard InChI is InChI=1S/C19H25NO2/c1-12-4-3-9-19(11-15(21)7-8-16(12)19)17-10-14(18(20)22)6-5-13(17)2/h5-6,10,12,16H,3-4,7-9,11H2,1-2H3,(H2,20,22)/t12-,16-,19-/m0/s1. The van der Waals surface area contributed by atoms with Crippen LogP contribution >= 0.6 is 0 Å². The lowest BCUT2D eigenvalue weighted by atomic mass is 9.53. The summed E-state index contributed by atoms with van der Waals surface area (Å²) >= 11 is 0. The van der Waals surface area contributed by atoms with E-state index < -0.39 is 0 Å². The van der Waals surface area contributed by atoms with E-state index in [-0.39, 0.29) is 11.3 Å². The monoisotopic (exact) mass is 299 g/mol. The zero-order valence-corrected chi connectivity index (χ0v) is 13.5. The van der Waals surface area contributed by atoms with Crippen molar-refractivity contribution in [1.29, 1.82) is 0 Å². The molecule has 3 heteroatoms. The van der Waals surface area contributed by atoms with Gasteiger partial charge in [0.2, 0.25) is 5.91 Å². The topological polar surface area (TPSA) is 60.2 Å². The summed E-state index contributed by atoms with van der Waals surface area (Å²) < 4.78 is 0. The molecule has 0 heterocycles. The summed E-state index contributed by atoms with van der Waals surface area (Å²) in [5, 5.41) is 0. The van der Waals surface area contributed by atoms with Crippen LogP contribution in [0.25, 0.3) is 0 Å². The van der Waals surface area contributed by atoms with Crippen molar-refractivity contribution in [2.45, 2.75) is 57.8 Å². The highest BCUT2D eigenvalue weighted by atomic mass is 16.1. The number of benzene rings is 1. The van der Waals surface area contributed by atoms with Crippen LogP contribution in [-0.4, -0.2) is 11.7 Å². The highest BCUT2D eigenvalue weighted by Gasteiger charge is 2.49. The van der Waals surface area contributed by atoms with Crippen LogP contribution < -0.4 is 5.73 Å². The van der Waals surface area contributed by atoms with Crippen molar-refractivity contribution in [3.63, 3.8) is 0 Å². The largest absolute Gasteiger partial charge is 0.366 e. The molecule has 2 N–H and O–H groups in total. The fourth-order valence-electron chi connectivity index (χ4n) is 4.95. The quantitative estimate of drug-likeness (QED) is 0.908. The molecule has 2 aliphatic carbocycles. The van der Waals surface area contributed by atoms with E-state index in [1.165, 1.54) is 17.5 Å². The summed E-state index contributed by atoms with van der Waals surface area (Å²) in [6, 6.07) is 5.74. The third kappa shape index (κ3) is 2.37. The van der Waals surface area contributed by atoms with Gasteiger partial charge in [0.25, 0.3) is 0 Å². The molecule has 1 aromatic carbocycles. The second-order valence-corrected chi connectivity index (χ2v) is 7.28. The minimum Gasteiger partial charge on any atom is -0.366 e. The van der Waals surface area contributed by atoms with Crippen LogP contribution in [0.3, 0.4) is 0 Å². The van der Waals surface area contributed by atoms with Gasteiger partial charge in [-0.05, 0) is 54.9 Å². The Hall–Kier alpha value is -1.64. The van der Waals surface area contributed by atoms with Crippen LogP contribution in [0.15, 0.2) is 18.2 Å². The fraction of sp³-hybridized carbons (Fsp3) is 0.579. The van der Waals surface area contributed by atoms with E-state index in [9.17, 15) is 9.59 Å². The Morgan fingerprint density at radius 1 is 1.32 bits per heavy atom. The van der Waals surface area contributed by atoms with E-state index >= 15 is 0 Å². The lowest BCUT2D eigenvalue weighted by molar-refractivity contribution is -0.125. The van der Waals surface area contributed by atoms with Crippen molar-refractivity contribution in [2.24, 2.45) is 17.6 Å². The Labute approximate surface area is 132 Å². The number of aryl methyl sites for hydroxylation is 1. The van der Waals surface area contributed by atoms with E-state index in [2.05, 4.69) is 13.8 Å².